The van der Waals surface area contributed by atoms with Crippen molar-refractivity contribution in [1.82, 2.24) is 0 Å². The number of rotatable bonds is 5. The highest BCUT2D eigenvalue weighted by molar-refractivity contribution is 6.34. The zero-order valence-electron chi connectivity index (χ0n) is 12.6. The number of nitro groups is 1. The van der Waals surface area contributed by atoms with Crippen molar-refractivity contribution in [2.45, 2.75) is 0 Å². The van der Waals surface area contributed by atoms with Gasteiger partial charge >= 0.3 is 0 Å². The van der Waals surface area contributed by atoms with E-state index in [4.69, 9.17) is 32.7 Å². The van der Waals surface area contributed by atoms with Crippen molar-refractivity contribution < 1.29 is 19.2 Å². The highest BCUT2D eigenvalue weighted by atomic mass is 35.5. The number of hydrogen-bond donors (Lipinski definition) is 1. The zero-order chi connectivity index (χ0) is 17.9. The number of methoxy groups -OCH3 is 2. The molecule has 0 unspecified atom stereocenters. The summed E-state index contributed by atoms with van der Waals surface area (Å²) in [4.78, 5) is 22.6. The number of carbonyl (C=O) groups is 1. The van der Waals surface area contributed by atoms with Crippen LogP contribution in [-0.2, 0) is 0 Å². The van der Waals surface area contributed by atoms with Gasteiger partial charge in [0.15, 0.2) is 0 Å². The minimum atomic E-state index is -0.633. The van der Waals surface area contributed by atoms with Crippen LogP contribution in [0.15, 0.2) is 30.3 Å². The molecule has 0 saturated heterocycles. The van der Waals surface area contributed by atoms with Crippen LogP contribution in [0.3, 0.4) is 0 Å². The summed E-state index contributed by atoms with van der Waals surface area (Å²) in [5.74, 6) is -0.0000142. The van der Waals surface area contributed by atoms with Crippen molar-refractivity contribution in [3.63, 3.8) is 0 Å². The van der Waals surface area contributed by atoms with E-state index in [1.165, 1.54) is 38.5 Å². The van der Waals surface area contributed by atoms with Gasteiger partial charge in [-0.2, -0.15) is 0 Å². The second-order valence-electron chi connectivity index (χ2n) is 4.56. The zero-order valence-corrected chi connectivity index (χ0v) is 14.1. The van der Waals surface area contributed by atoms with E-state index in [1.54, 1.807) is 0 Å². The number of anilines is 1. The number of amides is 1. The van der Waals surface area contributed by atoms with Crippen molar-refractivity contribution in [3.8, 4) is 11.5 Å². The van der Waals surface area contributed by atoms with Gasteiger partial charge in [-0.25, -0.2) is 0 Å². The molecule has 2 aromatic carbocycles. The molecule has 0 saturated carbocycles. The molecule has 0 atom stereocenters. The highest BCUT2D eigenvalue weighted by Gasteiger charge is 2.18. The fraction of sp³-hybridized carbons (Fsp3) is 0.133. The maximum atomic E-state index is 12.4. The second kappa shape index (κ2) is 7.37. The van der Waals surface area contributed by atoms with E-state index in [2.05, 4.69) is 5.32 Å². The summed E-state index contributed by atoms with van der Waals surface area (Å²) in [5, 5.41) is 13.8. The Kier molecular flexibility index (Phi) is 5.48. The molecule has 0 aliphatic rings. The molecule has 1 amide bonds. The third-order valence-corrected chi connectivity index (χ3v) is 3.75. The lowest BCUT2D eigenvalue weighted by Crippen LogP contribution is -2.13. The van der Waals surface area contributed by atoms with Crippen molar-refractivity contribution >= 4 is 40.5 Å². The van der Waals surface area contributed by atoms with Gasteiger partial charge in [0.25, 0.3) is 11.6 Å². The molecule has 0 radical (unpaired) electrons. The number of nitro benzene ring substituents is 1. The number of ether oxygens (including phenoxy) is 2. The van der Waals surface area contributed by atoms with Crippen molar-refractivity contribution in [3.05, 3.63) is 56.1 Å². The molecule has 0 aromatic heterocycles. The number of non-ortho nitro benzene ring substituents is 1. The van der Waals surface area contributed by atoms with E-state index < -0.39 is 10.8 Å². The topological polar surface area (TPSA) is 90.7 Å². The van der Waals surface area contributed by atoms with E-state index in [1.807, 2.05) is 0 Å². The van der Waals surface area contributed by atoms with Crippen molar-refractivity contribution in [1.29, 1.82) is 0 Å². The molecular weight excluding hydrogens is 359 g/mol. The maximum Gasteiger partial charge on any atom is 0.270 e. The van der Waals surface area contributed by atoms with Gasteiger partial charge in [0.1, 0.15) is 11.5 Å². The van der Waals surface area contributed by atoms with Crippen molar-refractivity contribution in [2.24, 2.45) is 0 Å². The van der Waals surface area contributed by atoms with Crippen LogP contribution < -0.4 is 14.8 Å². The molecule has 7 nitrogen and oxygen atoms in total. The summed E-state index contributed by atoms with van der Waals surface area (Å²) in [6.07, 6.45) is 0. The molecule has 0 aliphatic carbocycles. The van der Waals surface area contributed by atoms with Crippen LogP contribution >= 0.6 is 23.2 Å². The van der Waals surface area contributed by atoms with Gasteiger partial charge < -0.3 is 14.8 Å². The molecule has 0 bridgehead atoms. The summed E-state index contributed by atoms with van der Waals surface area (Å²) in [6.45, 7) is 0. The SMILES string of the molecule is COc1cc(NC(=O)c2cc([N+](=O)[O-])ccc2Cl)c(OC)cc1Cl. The van der Waals surface area contributed by atoms with Crippen LogP contribution in [0.2, 0.25) is 10.0 Å². The molecule has 0 fully saturated rings. The Labute approximate surface area is 147 Å². The van der Waals surface area contributed by atoms with Gasteiger partial charge in [0, 0.05) is 24.3 Å². The number of nitrogens with zero attached hydrogens (tertiary/aromatic N) is 1. The van der Waals surface area contributed by atoms with E-state index >= 15 is 0 Å². The Balaban J connectivity index is 2.40. The Morgan fingerprint density at radius 3 is 2.33 bits per heavy atom. The van der Waals surface area contributed by atoms with Gasteiger partial charge in [0.05, 0.1) is 40.4 Å². The Hall–Kier alpha value is -2.51. The van der Waals surface area contributed by atoms with Crippen LogP contribution in [0.25, 0.3) is 0 Å². The third kappa shape index (κ3) is 3.69. The van der Waals surface area contributed by atoms with Crippen LogP contribution in [0.1, 0.15) is 10.4 Å². The first-order valence-corrected chi connectivity index (χ1v) is 7.29. The van der Waals surface area contributed by atoms with Gasteiger partial charge in [-0.1, -0.05) is 23.2 Å². The van der Waals surface area contributed by atoms with E-state index in [0.29, 0.717) is 16.5 Å². The van der Waals surface area contributed by atoms with Gasteiger partial charge in [-0.3, -0.25) is 14.9 Å². The van der Waals surface area contributed by atoms with Crippen LogP contribution in [-0.4, -0.2) is 25.1 Å². The van der Waals surface area contributed by atoms with E-state index in [9.17, 15) is 14.9 Å². The molecule has 1 N–H and O–H groups in total. The lowest BCUT2D eigenvalue weighted by atomic mass is 10.1. The number of benzene rings is 2. The summed E-state index contributed by atoms with van der Waals surface area (Å²) in [7, 11) is 2.84. The van der Waals surface area contributed by atoms with Crippen LogP contribution in [0, 0.1) is 10.1 Å². The standard InChI is InChI=1S/C15H12Cl2N2O5/c1-23-13-7-12(14(24-2)6-11(13)17)18-15(20)9-5-8(19(21)22)3-4-10(9)16/h3-7H,1-2H3,(H,18,20). The predicted octanol–water partition coefficient (Wildman–Crippen LogP) is 4.17. The highest BCUT2D eigenvalue weighted by Crippen LogP contribution is 2.36. The lowest BCUT2D eigenvalue weighted by Gasteiger charge is -2.13. The quantitative estimate of drug-likeness (QED) is 0.629. The Morgan fingerprint density at radius 2 is 1.75 bits per heavy atom. The molecule has 0 aliphatic heterocycles. The molecule has 2 rings (SSSR count). The summed E-state index contributed by atoms with van der Waals surface area (Å²) >= 11 is 12.0. The fourth-order valence-corrected chi connectivity index (χ4v) is 2.38. The average molecular weight is 371 g/mol. The molecule has 24 heavy (non-hydrogen) atoms. The number of hydrogen-bond acceptors (Lipinski definition) is 5. The summed E-state index contributed by atoms with van der Waals surface area (Å²) in [6, 6.07) is 6.55. The molecule has 0 spiro atoms. The smallest absolute Gasteiger partial charge is 0.270 e. The largest absolute Gasteiger partial charge is 0.495 e. The minimum absolute atomic E-state index is 0.0400. The van der Waals surface area contributed by atoms with Gasteiger partial charge in [-0.05, 0) is 6.07 Å². The molecule has 9 heteroatoms. The molecule has 2 aromatic rings. The normalized spacial score (nSPS) is 10.2. The molecule has 0 heterocycles. The Morgan fingerprint density at radius 1 is 1.08 bits per heavy atom. The molecule has 126 valence electrons. The molecular formula is C15H12Cl2N2O5. The van der Waals surface area contributed by atoms with Gasteiger partial charge in [0.2, 0.25) is 0 Å². The predicted molar refractivity (Wildman–Crippen MR) is 90.6 cm³/mol. The van der Waals surface area contributed by atoms with Gasteiger partial charge in [-0.15, -0.1) is 0 Å². The number of nitrogens with one attached hydrogen (secondary N) is 1. The first kappa shape index (κ1) is 17.8. The van der Waals surface area contributed by atoms with Crippen molar-refractivity contribution in [2.75, 3.05) is 19.5 Å². The van der Waals surface area contributed by atoms with Crippen LogP contribution in [0.4, 0.5) is 11.4 Å². The maximum absolute atomic E-state index is 12.4. The second-order valence-corrected chi connectivity index (χ2v) is 5.38. The fourth-order valence-electron chi connectivity index (χ4n) is 1.95. The first-order valence-electron chi connectivity index (χ1n) is 6.54. The third-order valence-electron chi connectivity index (χ3n) is 3.13. The summed E-state index contributed by atoms with van der Waals surface area (Å²) < 4.78 is 10.3. The average Bonchev–Trinajstić information content (AvgIpc) is 2.55. The first-order chi connectivity index (χ1) is 11.4. The van der Waals surface area contributed by atoms with E-state index in [0.717, 1.165) is 6.07 Å². The minimum Gasteiger partial charge on any atom is -0.495 e. The monoisotopic (exact) mass is 370 g/mol. The number of carbonyl (C=O) groups excluding carboxylic acids is 1. The lowest BCUT2D eigenvalue weighted by molar-refractivity contribution is -0.384. The summed E-state index contributed by atoms with van der Waals surface area (Å²) in [5.41, 5.74) is -0.00152. The van der Waals surface area contributed by atoms with Crippen LogP contribution in [0.5, 0.6) is 11.5 Å². The van der Waals surface area contributed by atoms with E-state index in [-0.39, 0.29) is 22.0 Å². The number of halogens is 2. The Bertz CT molecular complexity index is 811.